The van der Waals surface area contributed by atoms with E-state index in [1.54, 1.807) is 43.3 Å². The van der Waals surface area contributed by atoms with Crippen molar-refractivity contribution in [1.29, 1.82) is 0 Å². The molecule has 0 bridgehead atoms. The summed E-state index contributed by atoms with van der Waals surface area (Å²) in [4.78, 5) is 12.8. The number of aromatic nitrogens is 4. The van der Waals surface area contributed by atoms with Gasteiger partial charge in [-0.25, -0.2) is 5.10 Å². The summed E-state index contributed by atoms with van der Waals surface area (Å²) in [5.74, 6) is 0.996. The van der Waals surface area contributed by atoms with E-state index in [1.807, 2.05) is 0 Å². The molecular weight excluding hydrogens is 347 g/mol. The molecule has 1 unspecified atom stereocenters. The fourth-order valence-corrected chi connectivity index (χ4v) is 2.57. The van der Waals surface area contributed by atoms with Gasteiger partial charge in [-0.1, -0.05) is 6.07 Å². The molecule has 0 saturated heterocycles. The molecule has 0 aliphatic heterocycles. The molecule has 2 aromatic carbocycles. The Kier molecular flexibility index (Phi) is 5.38. The molecule has 2 aromatic heterocycles. The van der Waals surface area contributed by atoms with E-state index in [2.05, 4.69) is 20.6 Å². The summed E-state index contributed by atoms with van der Waals surface area (Å²) < 4.78 is 11.3. The van der Waals surface area contributed by atoms with Crippen LogP contribution < -0.4 is 10.2 Å². The topological polar surface area (TPSA) is 114 Å². The molecule has 2 heterocycles. The number of aliphatic hydroxyl groups is 1. The first-order chi connectivity index (χ1) is 12.1. The summed E-state index contributed by atoms with van der Waals surface area (Å²) in [7, 11) is 0. The fourth-order valence-electron chi connectivity index (χ4n) is 2.57. The molecule has 0 fully saturated rings. The molecule has 2 N–H and O–H groups in total. The van der Waals surface area contributed by atoms with Crippen LogP contribution in [0.5, 0.6) is 5.75 Å². The third kappa shape index (κ3) is 3.49. The van der Waals surface area contributed by atoms with Gasteiger partial charge in [0, 0.05) is 35.1 Å². The number of aliphatic hydroxyl groups excluding tert-OH is 1. The maximum absolute atomic E-state index is 12.8. The van der Waals surface area contributed by atoms with Gasteiger partial charge in [-0.3, -0.25) is 4.79 Å². The number of hydrogen-bond acceptors (Lipinski definition) is 7. The third-order valence-corrected chi connectivity index (χ3v) is 3.75. The summed E-state index contributed by atoms with van der Waals surface area (Å²) in [6.45, 7) is 1.78. The molecule has 0 saturated carbocycles. The second-order valence-electron chi connectivity index (χ2n) is 5.71. The fraction of sp³-hybridized carbons (Fsp3) is 0.176. The van der Waals surface area contributed by atoms with Crippen LogP contribution in [0.3, 0.4) is 0 Å². The van der Waals surface area contributed by atoms with Crippen LogP contribution in [0.25, 0.3) is 33.3 Å². The van der Waals surface area contributed by atoms with Crippen molar-refractivity contribution in [1.82, 2.24) is 20.6 Å². The molecule has 0 amide bonds. The zero-order chi connectivity index (χ0) is 17.4. The van der Waals surface area contributed by atoms with Crippen LogP contribution in [0, 0.1) is 0 Å². The summed E-state index contributed by atoms with van der Waals surface area (Å²) in [5, 5.41) is 23.8. The number of nitrogens with one attached hydrogen (secondary N) is 1. The standard InChI is InChI=1S/C17H14N4O4.Na/c1-9(22)8-24-11-3-5-14-13(7-11)16(23)12-4-2-10(6-15(12)25-14)17-18-20-21-19-17;/h2-7,9,22H,8H2,1H3,(H,18,19,20,21);. The Morgan fingerprint density at radius 1 is 1.19 bits per heavy atom. The van der Waals surface area contributed by atoms with Crippen molar-refractivity contribution in [3.63, 3.8) is 0 Å². The van der Waals surface area contributed by atoms with Gasteiger partial charge in [-0.2, -0.15) is 0 Å². The summed E-state index contributed by atoms with van der Waals surface area (Å²) >= 11 is 0. The smallest absolute Gasteiger partial charge is 0.200 e. The Labute approximate surface area is 169 Å². The van der Waals surface area contributed by atoms with Crippen molar-refractivity contribution in [3.05, 3.63) is 46.6 Å². The van der Waals surface area contributed by atoms with Gasteiger partial charge in [0.15, 0.2) is 5.82 Å². The number of fused-ring (bicyclic) bond motifs is 2. The molecular formula is C17H14N4NaO4. The normalized spacial score (nSPS) is 12.1. The molecule has 9 heteroatoms. The Hall–Kier alpha value is -2.26. The maximum atomic E-state index is 12.8. The van der Waals surface area contributed by atoms with E-state index in [9.17, 15) is 9.90 Å². The second kappa shape index (κ2) is 7.55. The van der Waals surface area contributed by atoms with Crippen LogP contribution in [0.2, 0.25) is 0 Å². The van der Waals surface area contributed by atoms with Gasteiger partial charge in [0.2, 0.25) is 5.43 Å². The predicted octanol–water partition coefficient (Wildman–Crippen LogP) is 1.51. The summed E-state index contributed by atoms with van der Waals surface area (Å²) in [6.07, 6.45) is -0.590. The summed E-state index contributed by atoms with van der Waals surface area (Å²) in [6, 6.07) is 10.1. The zero-order valence-electron chi connectivity index (χ0n) is 14.3. The SMILES string of the molecule is CC(O)COc1ccc2oc3cc(-c4nnn[nH]4)ccc3c(=O)c2c1.[Na]. The number of benzene rings is 2. The number of ether oxygens (including phenoxy) is 1. The van der Waals surface area contributed by atoms with Crippen molar-refractivity contribution >= 4 is 51.5 Å². The van der Waals surface area contributed by atoms with Crippen molar-refractivity contribution in [2.75, 3.05) is 6.61 Å². The van der Waals surface area contributed by atoms with Crippen LogP contribution in [0.4, 0.5) is 0 Å². The average molecular weight is 361 g/mol. The molecule has 0 aliphatic rings. The number of tetrazole rings is 1. The molecule has 26 heavy (non-hydrogen) atoms. The van der Waals surface area contributed by atoms with Gasteiger partial charge in [0.1, 0.15) is 23.5 Å². The van der Waals surface area contributed by atoms with Crippen LogP contribution >= 0.6 is 0 Å². The number of rotatable bonds is 4. The monoisotopic (exact) mass is 361 g/mol. The van der Waals surface area contributed by atoms with E-state index in [4.69, 9.17) is 9.15 Å². The van der Waals surface area contributed by atoms with Gasteiger partial charge in [-0.05, 0) is 47.7 Å². The van der Waals surface area contributed by atoms with E-state index >= 15 is 0 Å². The van der Waals surface area contributed by atoms with Crippen molar-refractivity contribution in [3.8, 4) is 17.1 Å². The summed E-state index contributed by atoms with van der Waals surface area (Å²) in [5.41, 5.74) is 1.47. The predicted molar refractivity (Wildman–Crippen MR) is 96.1 cm³/mol. The Morgan fingerprint density at radius 2 is 2.04 bits per heavy atom. The van der Waals surface area contributed by atoms with Crippen LogP contribution in [-0.4, -0.2) is 68.0 Å². The first kappa shape index (κ1) is 18.5. The largest absolute Gasteiger partial charge is 0.491 e. The Morgan fingerprint density at radius 3 is 2.77 bits per heavy atom. The molecule has 1 atom stereocenters. The van der Waals surface area contributed by atoms with Gasteiger partial charge >= 0.3 is 0 Å². The average Bonchev–Trinajstić information content (AvgIpc) is 3.14. The van der Waals surface area contributed by atoms with E-state index in [1.165, 1.54) is 0 Å². The van der Waals surface area contributed by atoms with E-state index in [0.717, 1.165) is 5.56 Å². The Balaban J connectivity index is 0.00000196. The molecule has 0 spiro atoms. The maximum Gasteiger partial charge on any atom is 0.200 e. The van der Waals surface area contributed by atoms with Gasteiger partial charge in [0.05, 0.1) is 16.9 Å². The minimum atomic E-state index is -0.590. The molecule has 4 rings (SSSR count). The van der Waals surface area contributed by atoms with E-state index in [0.29, 0.717) is 33.5 Å². The number of H-pyrrole nitrogens is 1. The molecule has 127 valence electrons. The first-order valence-corrected chi connectivity index (χ1v) is 7.67. The molecule has 4 aromatic rings. The van der Waals surface area contributed by atoms with Crippen LogP contribution in [-0.2, 0) is 0 Å². The van der Waals surface area contributed by atoms with Gasteiger partial charge < -0.3 is 14.3 Å². The van der Waals surface area contributed by atoms with Crippen molar-refractivity contribution < 1.29 is 14.3 Å². The molecule has 0 aliphatic carbocycles. The molecule has 8 nitrogen and oxygen atoms in total. The first-order valence-electron chi connectivity index (χ1n) is 7.67. The third-order valence-electron chi connectivity index (χ3n) is 3.75. The molecule has 1 radical (unpaired) electrons. The van der Waals surface area contributed by atoms with Crippen molar-refractivity contribution in [2.24, 2.45) is 0 Å². The second-order valence-corrected chi connectivity index (χ2v) is 5.71. The van der Waals surface area contributed by atoms with Gasteiger partial charge in [-0.15, -0.1) is 5.10 Å². The minimum absolute atomic E-state index is 0. The Bertz CT molecular complexity index is 1110. The zero-order valence-corrected chi connectivity index (χ0v) is 16.3. The van der Waals surface area contributed by atoms with Crippen molar-refractivity contribution in [2.45, 2.75) is 13.0 Å². The quantitative estimate of drug-likeness (QED) is 0.418. The van der Waals surface area contributed by atoms with Gasteiger partial charge in [0.25, 0.3) is 0 Å². The number of hydrogen-bond donors (Lipinski definition) is 2. The van der Waals surface area contributed by atoms with E-state index in [-0.39, 0.29) is 41.6 Å². The minimum Gasteiger partial charge on any atom is -0.491 e. The number of nitrogens with zero attached hydrogens (tertiary/aromatic N) is 3. The number of aromatic amines is 1. The van der Waals surface area contributed by atoms with E-state index < -0.39 is 6.10 Å². The van der Waals surface area contributed by atoms with Crippen LogP contribution in [0.1, 0.15) is 6.92 Å². The van der Waals surface area contributed by atoms with Crippen LogP contribution in [0.15, 0.2) is 45.6 Å².